The Morgan fingerprint density at radius 1 is 1.16 bits per heavy atom. The molecule has 0 aliphatic rings. The van der Waals surface area contributed by atoms with Gasteiger partial charge in [-0.25, -0.2) is 4.79 Å². The van der Waals surface area contributed by atoms with Gasteiger partial charge in [0.15, 0.2) is 0 Å². The maximum atomic E-state index is 12.1. The van der Waals surface area contributed by atoms with E-state index in [1.165, 1.54) is 23.8 Å². The average Bonchev–Trinajstić information content (AvgIpc) is 3.12. The molecule has 0 unspecified atom stereocenters. The largest absolute Gasteiger partial charge is 0.456 e. The molecule has 4 nitrogen and oxygen atoms in total. The van der Waals surface area contributed by atoms with Crippen LogP contribution in [0.4, 0.5) is 5.00 Å². The van der Waals surface area contributed by atoms with Gasteiger partial charge >= 0.3 is 5.97 Å². The number of esters is 1. The molecule has 0 spiro atoms. The van der Waals surface area contributed by atoms with Crippen molar-refractivity contribution in [3.8, 4) is 6.07 Å². The lowest BCUT2D eigenvalue weighted by atomic mass is 10.2. The van der Waals surface area contributed by atoms with Gasteiger partial charge < -0.3 is 9.64 Å². The van der Waals surface area contributed by atoms with Crippen molar-refractivity contribution in [1.82, 2.24) is 0 Å². The highest BCUT2D eigenvalue weighted by Crippen LogP contribution is 2.46. The van der Waals surface area contributed by atoms with Gasteiger partial charge in [0.25, 0.3) is 0 Å². The molecule has 0 N–H and O–H groups in total. The first-order valence-corrected chi connectivity index (χ1v) is 10.1. The van der Waals surface area contributed by atoms with E-state index in [0.717, 1.165) is 4.88 Å². The molecule has 0 fully saturated rings. The van der Waals surface area contributed by atoms with E-state index in [1.54, 1.807) is 60.9 Å². The smallest absolute Gasteiger partial charge is 0.349 e. The van der Waals surface area contributed by atoms with Crippen molar-refractivity contribution in [1.29, 1.82) is 5.26 Å². The molecule has 0 saturated heterocycles. The van der Waals surface area contributed by atoms with E-state index in [-0.39, 0.29) is 5.57 Å². The summed E-state index contributed by atoms with van der Waals surface area (Å²) in [7, 11) is 4.07. The number of hydrogen-bond acceptors (Lipinski definition) is 7. The summed E-state index contributed by atoms with van der Waals surface area (Å²) in [6, 6.07) is 6.20. The summed E-state index contributed by atoms with van der Waals surface area (Å²) in [5.74, 6) is -0.581. The molecule has 0 amide bonds. The standard InChI is InChI=1S/C18H18N2O2S3/c1-18(2,3)22-17(21)10(9-19)6-11-7-12-15(23-11)16-13(24-12)8-14(25-16)20(4)5/h6-8H,1-5H3/b10-6+. The summed E-state index contributed by atoms with van der Waals surface area (Å²) >= 11 is 5.11. The lowest BCUT2D eigenvalue weighted by Crippen LogP contribution is -2.24. The van der Waals surface area contributed by atoms with E-state index in [4.69, 9.17) is 4.74 Å². The molecule has 3 aromatic heterocycles. The topological polar surface area (TPSA) is 53.3 Å². The molecule has 0 aliphatic heterocycles. The lowest BCUT2D eigenvalue weighted by molar-refractivity contribution is -0.149. The average molecular weight is 391 g/mol. The number of hydrogen-bond donors (Lipinski definition) is 0. The van der Waals surface area contributed by atoms with Gasteiger partial charge in [-0.2, -0.15) is 5.26 Å². The number of carbonyl (C=O) groups excluding carboxylic acids is 1. The molecule has 0 radical (unpaired) electrons. The molecule has 3 heterocycles. The number of thiophene rings is 3. The third kappa shape index (κ3) is 3.71. The molecule has 0 aliphatic carbocycles. The second kappa shape index (κ2) is 6.45. The van der Waals surface area contributed by atoms with Crippen molar-refractivity contribution in [2.75, 3.05) is 19.0 Å². The van der Waals surface area contributed by atoms with E-state index < -0.39 is 11.6 Å². The zero-order valence-corrected chi connectivity index (χ0v) is 17.1. The summed E-state index contributed by atoms with van der Waals surface area (Å²) in [5, 5.41) is 10.5. The third-order valence-electron chi connectivity index (χ3n) is 3.29. The first-order valence-electron chi connectivity index (χ1n) is 7.66. The predicted octanol–water partition coefficient (Wildman–Crippen LogP) is 5.49. The first-order chi connectivity index (χ1) is 11.7. The minimum absolute atomic E-state index is 0.0280. The van der Waals surface area contributed by atoms with Gasteiger partial charge in [0, 0.05) is 28.4 Å². The Morgan fingerprint density at radius 3 is 2.40 bits per heavy atom. The van der Waals surface area contributed by atoms with Crippen molar-refractivity contribution in [3.63, 3.8) is 0 Å². The SMILES string of the molecule is CN(C)c1cc2sc3cc(/C=C(\C#N)C(=O)OC(C)(C)C)sc3c2s1. The zero-order chi connectivity index (χ0) is 18.4. The molecule has 0 atom stereocenters. The maximum Gasteiger partial charge on any atom is 0.349 e. The maximum absolute atomic E-state index is 12.1. The number of anilines is 1. The second-order valence-electron chi connectivity index (χ2n) is 6.79. The van der Waals surface area contributed by atoms with Crippen molar-refractivity contribution in [2.45, 2.75) is 26.4 Å². The van der Waals surface area contributed by atoms with Crippen molar-refractivity contribution in [3.05, 3.63) is 22.6 Å². The predicted molar refractivity (Wildman–Crippen MR) is 109 cm³/mol. The van der Waals surface area contributed by atoms with Crippen LogP contribution in [0.3, 0.4) is 0 Å². The van der Waals surface area contributed by atoms with E-state index in [0.29, 0.717) is 0 Å². The summed E-state index contributed by atoms with van der Waals surface area (Å²) in [4.78, 5) is 15.1. The molecule has 0 saturated carbocycles. The van der Waals surface area contributed by atoms with Crippen LogP contribution in [0.15, 0.2) is 17.7 Å². The molecular weight excluding hydrogens is 372 g/mol. The minimum Gasteiger partial charge on any atom is -0.456 e. The Kier molecular flexibility index (Phi) is 4.62. The number of nitriles is 1. The van der Waals surface area contributed by atoms with Gasteiger partial charge in [0.2, 0.25) is 0 Å². The highest BCUT2D eigenvalue weighted by molar-refractivity contribution is 7.39. The summed E-state index contributed by atoms with van der Waals surface area (Å²) in [5.41, 5.74) is -0.589. The van der Waals surface area contributed by atoms with Gasteiger partial charge in [-0.1, -0.05) is 0 Å². The number of carbonyl (C=O) groups is 1. The Balaban J connectivity index is 1.98. The molecule has 7 heteroatoms. The van der Waals surface area contributed by atoms with Crippen LogP contribution in [0.5, 0.6) is 0 Å². The van der Waals surface area contributed by atoms with Gasteiger partial charge in [-0.05, 0) is 39.0 Å². The number of fused-ring (bicyclic) bond motifs is 3. The van der Waals surface area contributed by atoms with Crippen LogP contribution in [0.25, 0.3) is 24.9 Å². The first kappa shape index (κ1) is 17.9. The fourth-order valence-electron chi connectivity index (χ4n) is 2.24. The Hall–Kier alpha value is -1.88. The fraction of sp³-hybridized carbons (Fsp3) is 0.333. The van der Waals surface area contributed by atoms with Crippen molar-refractivity contribution >= 4 is 69.9 Å². The number of ether oxygens (including phenoxy) is 1. The van der Waals surface area contributed by atoms with E-state index in [2.05, 4.69) is 11.0 Å². The van der Waals surface area contributed by atoms with Crippen LogP contribution in [0, 0.1) is 11.3 Å². The van der Waals surface area contributed by atoms with E-state index in [9.17, 15) is 10.1 Å². The van der Waals surface area contributed by atoms with Crippen LogP contribution < -0.4 is 4.90 Å². The second-order valence-corrected chi connectivity index (χ2v) is 9.99. The molecule has 0 bridgehead atoms. The zero-order valence-electron chi connectivity index (χ0n) is 14.7. The third-order valence-corrected chi connectivity index (χ3v) is 7.19. The number of nitrogens with zero attached hydrogens (tertiary/aromatic N) is 2. The van der Waals surface area contributed by atoms with Gasteiger partial charge in [-0.3, -0.25) is 0 Å². The van der Waals surface area contributed by atoms with Crippen LogP contribution in [0.2, 0.25) is 0 Å². The Morgan fingerprint density at radius 2 is 1.80 bits per heavy atom. The van der Waals surface area contributed by atoms with E-state index >= 15 is 0 Å². The Bertz CT molecular complexity index is 1020. The van der Waals surface area contributed by atoms with Crippen molar-refractivity contribution in [2.24, 2.45) is 0 Å². The van der Waals surface area contributed by atoms with Crippen molar-refractivity contribution < 1.29 is 9.53 Å². The molecule has 0 aromatic carbocycles. The monoisotopic (exact) mass is 390 g/mol. The van der Waals surface area contributed by atoms with Gasteiger partial charge in [-0.15, -0.1) is 34.0 Å². The highest BCUT2D eigenvalue weighted by atomic mass is 32.1. The Labute approximate surface area is 158 Å². The number of rotatable bonds is 3. The fourth-order valence-corrected chi connectivity index (χ4v) is 6.14. The normalized spacial score (nSPS) is 12.6. The summed E-state index contributed by atoms with van der Waals surface area (Å²) in [6.07, 6.45) is 1.62. The molecule has 130 valence electrons. The summed E-state index contributed by atoms with van der Waals surface area (Å²) < 4.78 is 10.2. The van der Waals surface area contributed by atoms with Gasteiger partial charge in [0.05, 0.1) is 14.4 Å². The highest BCUT2D eigenvalue weighted by Gasteiger charge is 2.20. The summed E-state index contributed by atoms with van der Waals surface area (Å²) in [6.45, 7) is 5.37. The quantitative estimate of drug-likeness (QED) is 0.337. The van der Waals surface area contributed by atoms with Crippen LogP contribution in [0.1, 0.15) is 25.6 Å². The molecule has 3 rings (SSSR count). The van der Waals surface area contributed by atoms with E-state index in [1.807, 2.05) is 26.2 Å². The van der Waals surface area contributed by atoms with Gasteiger partial charge in [0.1, 0.15) is 17.2 Å². The minimum atomic E-state index is -0.617. The van der Waals surface area contributed by atoms with Crippen LogP contribution >= 0.6 is 34.0 Å². The molecule has 25 heavy (non-hydrogen) atoms. The lowest BCUT2D eigenvalue weighted by Gasteiger charge is -2.18. The molecule has 3 aromatic rings. The molecular formula is C18H18N2O2S3. The van der Waals surface area contributed by atoms with Crippen LogP contribution in [-0.2, 0) is 9.53 Å². The van der Waals surface area contributed by atoms with Crippen LogP contribution in [-0.4, -0.2) is 25.7 Å².